The largest absolute Gasteiger partial charge is 0.506 e. The van der Waals surface area contributed by atoms with Gasteiger partial charge in [0.25, 0.3) is 0 Å². The zero-order valence-electron chi connectivity index (χ0n) is 14.4. The standard InChI is InChI=1S/C18H20Cl4N2O2/c1-23(9-11-5-13(19)7-15(21)17(11)25)3-4-24(2)10-12-6-14(20)8-16(22)18(12)26/h5-8,25-26H,3-4,9-10H2,1-2H3. The lowest BCUT2D eigenvalue weighted by Crippen LogP contribution is -2.30. The highest BCUT2D eigenvalue weighted by molar-refractivity contribution is 6.36. The second-order valence-electron chi connectivity index (χ2n) is 6.27. The maximum Gasteiger partial charge on any atom is 0.138 e. The molecule has 0 radical (unpaired) electrons. The van der Waals surface area contributed by atoms with Crippen LogP contribution in [-0.4, -0.2) is 47.2 Å². The van der Waals surface area contributed by atoms with Crippen molar-refractivity contribution in [1.82, 2.24) is 9.80 Å². The molecule has 0 fully saturated rings. The number of aromatic hydroxyl groups is 2. The van der Waals surface area contributed by atoms with E-state index in [1.807, 2.05) is 23.9 Å². The van der Waals surface area contributed by atoms with E-state index in [9.17, 15) is 10.2 Å². The van der Waals surface area contributed by atoms with Gasteiger partial charge in [0.1, 0.15) is 11.5 Å². The highest BCUT2D eigenvalue weighted by Crippen LogP contribution is 2.32. The van der Waals surface area contributed by atoms with Gasteiger partial charge in [-0.15, -0.1) is 0 Å². The SMILES string of the molecule is CN(CCN(C)Cc1cc(Cl)cc(Cl)c1O)Cc1cc(Cl)cc(Cl)c1O. The fourth-order valence-corrected chi connectivity index (χ4v) is 3.63. The molecule has 0 heterocycles. The van der Waals surface area contributed by atoms with Gasteiger partial charge in [0.15, 0.2) is 0 Å². The molecule has 26 heavy (non-hydrogen) atoms. The predicted octanol–water partition coefficient (Wildman–Crippen LogP) is 5.28. The minimum Gasteiger partial charge on any atom is -0.506 e. The van der Waals surface area contributed by atoms with Crippen LogP contribution in [0, 0.1) is 0 Å². The molecule has 0 atom stereocenters. The zero-order chi connectivity index (χ0) is 19.4. The molecule has 0 aliphatic heterocycles. The number of hydrogen-bond acceptors (Lipinski definition) is 4. The molecule has 0 saturated carbocycles. The average Bonchev–Trinajstić information content (AvgIpc) is 2.55. The molecule has 0 unspecified atom stereocenters. The Hall–Kier alpha value is -0.880. The smallest absolute Gasteiger partial charge is 0.138 e. The monoisotopic (exact) mass is 436 g/mol. The summed E-state index contributed by atoms with van der Waals surface area (Å²) in [5, 5.41) is 21.5. The molecule has 0 spiro atoms. The van der Waals surface area contributed by atoms with Crippen molar-refractivity contribution in [3.8, 4) is 11.5 Å². The van der Waals surface area contributed by atoms with Crippen LogP contribution in [0.1, 0.15) is 11.1 Å². The minimum atomic E-state index is 0.0507. The summed E-state index contributed by atoms with van der Waals surface area (Å²) in [6.45, 7) is 2.48. The zero-order valence-corrected chi connectivity index (χ0v) is 17.5. The molecule has 0 aromatic heterocycles. The van der Waals surface area contributed by atoms with E-state index < -0.39 is 0 Å². The Bertz CT molecular complexity index is 721. The van der Waals surface area contributed by atoms with Crippen LogP contribution in [0.25, 0.3) is 0 Å². The number of phenolic OH excluding ortho intramolecular Hbond substituents is 2. The summed E-state index contributed by atoms with van der Waals surface area (Å²) in [7, 11) is 3.88. The summed E-state index contributed by atoms with van der Waals surface area (Å²) in [5.41, 5.74) is 1.35. The van der Waals surface area contributed by atoms with E-state index in [4.69, 9.17) is 46.4 Å². The van der Waals surface area contributed by atoms with E-state index in [2.05, 4.69) is 0 Å². The maximum atomic E-state index is 10.0. The molecule has 0 aliphatic carbocycles. The predicted molar refractivity (Wildman–Crippen MR) is 109 cm³/mol. The molecule has 142 valence electrons. The first-order chi connectivity index (χ1) is 12.2. The van der Waals surface area contributed by atoms with Crippen LogP contribution in [0.4, 0.5) is 0 Å². The summed E-state index contributed by atoms with van der Waals surface area (Å²) < 4.78 is 0. The van der Waals surface area contributed by atoms with Gasteiger partial charge in [-0.3, -0.25) is 0 Å². The summed E-state index contributed by atoms with van der Waals surface area (Å²) >= 11 is 23.9. The van der Waals surface area contributed by atoms with Crippen molar-refractivity contribution in [2.24, 2.45) is 0 Å². The van der Waals surface area contributed by atoms with Crippen LogP contribution in [0.15, 0.2) is 24.3 Å². The summed E-state index contributed by atoms with van der Waals surface area (Å²) in [4.78, 5) is 4.09. The normalized spacial score (nSPS) is 11.5. The summed E-state index contributed by atoms with van der Waals surface area (Å²) in [6, 6.07) is 6.43. The topological polar surface area (TPSA) is 46.9 Å². The van der Waals surface area contributed by atoms with E-state index in [-0.39, 0.29) is 21.5 Å². The molecular formula is C18H20Cl4N2O2. The van der Waals surface area contributed by atoms with Gasteiger partial charge in [0, 0.05) is 47.4 Å². The van der Waals surface area contributed by atoms with Gasteiger partial charge in [0.05, 0.1) is 10.0 Å². The van der Waals surface area contributed by atoms with Crippen LogP contribution in [-0.2, 0) is 13.1 Å². The van der Waals surface area contributed by atoms with Crippen LogP contribution in [0.5, 0.6) is 11.5 Å². The number of rotatable bonds is 7. The second kappa shape index (κ2) is 9.36. The van der Waals surface area contributed by atoms with Gasteiger partial charge < -0.3 is 20.0 Å². The van der Waals surface area contributed by atoms with E-state index in [0.717, 1.165) is 13.1 Å². The van der Waals surface area contributed by atoms with E-state index in [1.165, 1.54) is 12.1 Å². The van der Waals surface area contributed by atoms with Gasteiger partial charge in [0.2, 0.25) is 0 Å². The Morgan fingerprint density at radius 1 is 0.692 bits per heavy atom. The molecule has 0 aliphatic rings. The Morgan fingerprint density at radius 3 is 1.38 bits per heavy atom. The number of benzene rings is 2. The molecule has 0 amide bonds. The van der Waals surface area contributed by atoms with Gasteiger partial charge in [-0.1, -0.05) is 46.4 Å². The highest BCUT2D eigenvalue weighted by Gasteiger charge is 2.13. The second-order valence-corrected chi connectivity index (χ2v) is 7.95. The van der Waals surface area contributed by atoms with Crippen molar-refractivity contribution in [3.63, 3.8) is 0 Å². The van der Waals surface area contributed by atoms with Crippen molar-refractivity contribution in [1.29, 1.82) is 0 Å². The quantitative estimate of drug-likeness (QED) is 0.618. The third kappa shape index (κ3) is 5.81. The van der Waals surface area contributed by atoms with Crippen molar-refractivity contribution in [2.45, 2.75) is 13.1 Å². The number of halogens is 4. The van der Waals surface area contributed by atoms with Crippen molar-refractivity contribution >= 4 is 46.4 Å². The van der Waals surface area contributed by atoms with Crippen molar-refractivity contribution in [3.05, 3.63) is 55.5 Å². The Labute approximate surface area is 173 Å². The number of hydrogen-bond donors (Lipinski definition) is 2. The average molecular weight is 438 g/mol. The maximum absolute atomic E-state index is 10.0. The molecule has 4 nitrogen and oxygen atoms in total. The first-order valence-corrected chi connectivity index (χ1v) is 9.39. The highest BCUT2D eigenvalue weighted by atomic mass is 35.5. The summed E-state index contributed by atoms with van der Waals surface area (Å²) in [5.74, 6) is 0.101. The Kier molecular flexibility index (Phi) is 7.71. The van der Waals surface area contributed by atoms with Gasteiger partial charge >= 0.3 is 0 Å². The lowest BCUT2D eigenvalue weighted by molar-refractivity contribution is 0.243. The first-order valence-electron chi connectivity index (χ1n) is 7.88. The van der Waals surface area contributed by atoms with Gasteiger partial charge in [-0.25, -0.2) is 0 Å². The minimum absolute atomic E-state index is 0.0507. The number of nitrogens with zero attached hydrogens (tertiary/aromatic N) is 2. The third-order valence-corrected chi connectivity index (χ3v) is 4.97. The molecule has 2 rings (SSSR count). The molecule has 8 heteroatoms. The fourth-order valence-electron chi connectivity index (χ4n) is 2.56. The Morgan fingerprint density at radius 2 is 1.04 bits per heavy atom. The van der Waals surface area contributed by atoms with E-state index >= 15 is 0 Å². The number of likely N-dealkylation sites (N-methyl/N-ethyl adjacent to an activating group) is 2. The third-order valence-electron chi connectivity index (χ3n) is 3.96. The lowest BCUT2D eigenvalue weighted by Gasteiger charge is -2.23. The van der Waals surface area contributed by atoms with Crippen molar-refractivity contribution in [2.75, 3.05) is 27.2 Å². The van der Waals surface area contributed by atoms with Gasteiger partial charge in [-0.2, -0.15) is 0 Å². The fraction of sp³-hybridized carbons (Fsp3) is 0.333. The van der Waals surface area contributed by atoms with E-state index in [0.29, 0.717) is 34.3 Å². The molecule has 0 bridgehead atoms. The first kappa shape index (κ1) is 21.4. The number of phenols is 2. The van der Waals surface area contributed by atoms with Crippen LogP contribution < -0.4 is 0 Å². The molecular weight excluding hydrogens is 418 g/mol. The molecule has 0 saturated heterocycles. The molecule has 2 aromatic carbocycles. The van der Waals surface area contributed by atoms with Crippen LogP contribution in [0.2, 0.25) is 20.1 Å². The lowest BCUT2D eigenvalue weighted by atomic mass is 10.2. The van der Waals surface area contributed by atoms with Crippen LogP contribution in [0.3, 0.4) is 0 Å². The van der Waals surface area contributed by atoms with E-state index in [1.54, 1.807) is 12.1 Å². The van der Waals surface area contributed by atoms with Gasteiger partial charge in [-0.05, 0) is 38.4 Å². The van der Waals surface area contributed by atoms with Crippen molar-refractivity contribution < 1.29 is 10.2 Å². The molecule has 2 aromatic rings. The summed E-state index contributed by atoms with van der Waals surface area (Å²) in [6.07, 6.45) is 0. The van der Waals surface area contributed by atoms with Crippen LogP contribution >= 0.6 is 46.4 Å². The molecule has 2 N–H and O–H groups in total. The Balaban J connectivity index is 1.92.